The number of halogens is 1. The van der Waals surface area contributed by atoms with E-state index in [0.29, 0.717) is 0 Å². The number of esters is 1. The first-order valence-corrected chi connectivity index (χ1v) is 8.09. The van der Waals surface area contributed by atoms with Gasteiger partial charge in [-0.25, -0.2) is 9.18 Å². The van der Waals surface area contributed by atoms with Crippen LogP contribution in [-0.4, -0.2) is 59.9 Å². The average molecular weight is 365 g/mol. The average Bonchev–Trinajstić information content (AvgIpc) is 2.80. The molecule has 1 aliphatic rings. The summed E-state index contributed by atoms with van der Waals surface area (Å²) in [4.78, 5) is 49.4. The van der Waals surface area contributed by atoms with Gasteiger partial charge in [0.25, 0.3) is 5.91 Å². The minimum atomic E-state index is -1.06. The molecule has 1 saturated heterocycles. The second-order valence-corrected chi connectivity index (χ2v) is 5.92. The van der Waals surface area contributed by atoms with Gasteiger partial charge in [-0.05, 0) is 31.5 Å². The van der Waals surface area contributed by atoms with E-state index in [-0.39, 0.29) is 37.5 Å². The predicted molar refractivity (Wildman–Crippen MR) is 89.6 cm³/mol. The van der Waals surface area contributed by atoms with E-state index in [1.165, 1.54) is 37.1 Å². The van der Waals surface area contributed by atoms with E-state index < -0.39 is 29.8 Å². The van der Waals surface area contributed by atoms with Crippen molar-refractivity contribution in [3.8, 4) is 0 Å². The van der Waals surface area contributed by atoms with E-state index >= 15 is 0 Å². The summed E-state index contributed by atoms with van der Waals surface area (Å²) < 4.78 is 18.1. The van der Waals surface area contributed by atoms with Gasteiger partial charge >= 0.3 is 12.0 Å². The lowest BCUT2D eigenvalue weighted by atomic mass is 10.2. The maximum absolute atomic E-state index is 13.1. The summed E-state index contributed by atoms with van der Waals surface area (Å²) in [6.07, 6.45) is -0.868. The highest BCUT2D eigenvalue weighted by atomic mass is 19.1. The van der Waals surface area contributed by atoms with Gasteiger partial charge in [0, 0.05) is 25.7 Å². The van der Waals surface area contributed by atoms with Crippen LogP contribution in [0.5, 0.6) is 0 Å². The van der Waals surface area contributed by atoms with Crippen LogP contribution in [0.15, 0.2) is 24.3 Å². The van der Waals surface area contributed by atoms with Crippen LogP contribution in [0.25, 0.3) is 0 Å². The second kappa shape index (κ2) is 8.41. The molecule has 0 aliphatic carbocycles. The van der Waals surface area contributed by atoms with Crippen LogP contribution in [0.2, 0.25) is 0 Å². The van der Waals surface area contributed by atoms with E-state index in [0.717, 1.165) is 11.0 Å². The lowest BCUT2D eigenvalue weighted by Crippen LogP contribution is -2.33. The minimum Gasteiger partial charge on any atom is -0.453 e. The summed E-state index contributed by atoms with van der Waals surface area (Å²) in [5.74, 6) is -2.02. The Labute approximate surface area is 149 Å². The van der Waals surface area contributed by atoms with Gasteiger partial charge in [0.05, 0.1) is 0 Å². The number of nitrogens with zero attached hydrogens (tertiary/aromatic N) is 2. The topological polar surface area (TPSA) is 96.0 Å². The quantitative estimate of drug-likeness (QED) is 0.582. The number of carbonyl (C=O) groups excluding carboxylic acids is 4. The Morgan fingerprint density at radius 2 is 2.08 bits per heavy atom. The zero-order valence-corrected chi connectivity index (χ0v) is 14.5. The molecule has 1 aromatic carbocycles. The maximum Gasteiger partial charge on any atom is 0.326 e. The molecule has 1 atom stereocenters. The zero-order chi connectivity index (χ0) is 19.3. The smallest absolute Gasteiger partial charge is 0.326 e. The van der Waals surface area contributed by atoms with Crippen LogP contribution in [-0.2, 0) is 19.1 Å². The van der Waals surface area contributed by atoms with E-state index in [2.05, 4.69) is 5.32 Å². The van der Waals surface area contributed by atoms with E-state index in [9.17, 15) is 23.6 Å². The van der Waals surface area contributed by atoms with Crippen molar-refractivity contribution < 1.29 is 28.3 Å². The van der Waals surface area contributed by atoms with Gasteiger partial charge in [0.15, 0.2) is 6.10 Å². The minimum absolute atomic E-state index is 0.0283. The van der Waals surface area contributed by atoms with Gasteiger partial charge in [-0.15, -0.1) is 0 Å². The molecule has 1 aromatic rings. The fourth-order valence-electron chi connectivity index (χ4n) is 2.39. The number of rotatable bonds is 7. The Morgan fingerprint density at radius 1 is 1.35 bits per heavy atom. The fraction of sp³-hybridized carbons (Fsp3) is 0.412. The molecule has 1 heterocycles. The predicted octanol–water partition coefficient (Wildman–Crippen LogP) is 1.37. The van der Waals surface area contributed by atoms with Crippen molar-refractivity contribution in [2.75, 3.05) is 25.5 Å². The molecule has 0 unspecified atom stereocenters. The summed E-state index contributed by atoms with van der Waals surface area (Å²) in [7, 11) is 1.52. The van der Waals surface area contributed by atoms with Crippen molar-refractivity contribution in [3.05, 3.63) is 30.1 Å². The molecular formula is C17H20FN3O5. The van der Waals surface area contributed by atoms with E-state index in [1.54, 1.807) is 0 Å². The highest BCUT2D eigenvalue weighted by molar-refractivity contribution is 6.01. The van der Waals surface area contributed by atoms with Gasteiger partial charge < -0.3 is 15.0 Å². The Bertz CT molecular complexity index is 724. The normalized spacial score (nSPS) is 15.2. The highest BCUT2D eigenvalue weighted by Gasteiger charge is 2.33. The van der Waals surface area contributed by atoms with Gasteiger partial charge in [-0.3, -0.25) is 19.3 Å². The van der Waals surface area contributed by atoms with Gasteiger partial charge in [-0.2, -0.15) is 0 Å². The van der Waals surface area contributed by atoms with Crippen LogP contribution < -0.4 is 5.32 Å². The Balaban J connectivity index is 1.74. The van der Waals surface area contributed by atoms with Crippen LogP contribution in [0, 0.1) is 5.82 Å². The largest absolute Gasteiger partial charge is 0.453 e. The molecule has 0 spiro atoms. The summed E-state index contributed by atoms with van der Waals surface area (Å²) in [5, 5.41) is 2.45. The van der Waals surface area contributed by atoms with E-state index in [4.69, 9.17) is 4.74 Å². The number of nitrogens with one attached hydrogen (secondary N) is 1. The molecule has 0 radical (unpaired) electrons. The number of amides is 4. The van der Waals surface area contributed by atoms with Crippen LogP contribution >= 0.6 is 0 Å². The Kier molecular flexibility index (Phi) is 6.26. The molecule has 140 valence electrons. The molecule has 1 fully saturated rings. The fourth-order valence-corrected chi connectivity index (χ4v) is 2.39. The van der Waals surface area contributed by atoms with Gasteiger partial charge in [0.1, 0.15) is 12.4 Å². The summed E-state index contributed by atoms with van der Waals surface area (Å²) in [6, 6.07) is 4.95. The molecule has 0 bridgehead atoms. The number of hydrogen-bond acceptors (Lipinski definition) is 5. The standard InChI is InChI=1S/C17H20FN3O5/c1-11(16(24)19-13-6-3-5-12(18)9-13)26-15(23)7-4-8-21-14(22)10-20(2)17(21)25/h3,5-6,9,11H,4,7-8,10H2,1-2H3,(H,19,24)/t11-/m1/s1. The Hall–Kier alpha value is -2.97. The molecule has 4 amide bonds. The van der Waals surface area contributed by atoms with Crippen LogP contribution in [0.1, 0.15) is 19.8 Å². The number of anilines is 1. The van der Waals surface area contributed by atoms with E-state index in [1.807, 2.05) is 0 Å². The third kappa shape index (κ3) is 5.01. The maximum atomic E-state index is 13.1. The molecule has 8 nitrogen and oxygen atoms in total. The van der Waals surface area contributed by atoms with Crippen molar-refractivity contribution in [2.24, 2.45) is 0 Å². The van der Waals surface area contributed by atoms with Crippen molar-refractivity contribution in [2.45, 2.75) is 25.9 Å². The number of imide groups is 1. The third-order valence-electron chi connectivity index (χ3n) is 3.76. The number of urea groups is 1. The number of ether oxygens (including phenoxy) is 1. The third-order valence-corrected chi connectivity index (χ3v) is 3.76. The molecule has 1 N–H and O–H groups in total. The molecule has 9 heteroatoms. The summed E-state index contributed by atoms with van der Waals surface area (Å²) in [5.41, 5.74) is 0.257. The molecular weight excluding hydrogens is 345 g/mol. The Morgan fingerprint density at radius 3 is 2.69 bits per heavy atom. The number of carbonyl (C=O) groups is 4. The second-order valence-electron chi connectivity index (χ2n) is 5.92. The first kappa shape index (κ1) is 19.4. The monoisotopic (exact) mass is 365 g/mol. The van der Waals surface area contributed by atoms with Gasteiger partial charge in [-0.1, -0.05) is 6.07 Å². The molecule has 1 aliphatic heterocycles. The molecule has 2 rings (SSSR count). The number of benzene rings is 1. The molecule has 0 saturated carbocycles. The first-order valence-electron chi connectivity index (χ1n) is 8.09. The zero-order valence-electron chi connectivity index (χ0n) is 14.5. The van der Waals surface area contributed by atoms with Crippen LogP contribution in [0.3, 0.4) is 0 Å². The van der Waals surface area contributed by atoms with Crippen molar-refractivity contribution >= 4 is 29.5 Å². The van der Waals surface area contributed by atoms with Crippen molar-refractivity contribution in [3.63, 3.8) is 0 Å². The molecule has 0 aromatic heterocycles. The lowest BCUT2D eigenvalue weighted by molar-refractivity contribution is -0.153. The summed E-state index contributed by atoms with van der Waals surface area (Å²) >= 11 is 0. The van der Waals surface area contributed by atoms with Gasteiger partial charge in [0.2, 0.25) is 5.91 Å². The molecule has 26 heavy (non-hydrogen) atoms. The van der Waals surface area contributed by atoms with Crippen molar-refractivity contribution in [1.82, 2.24) is 9.80 Å². The lowest BCUT2D eigenvalue weighted by Gasteiger charge is -2.15. The SMILES string of the molecule is C[C@@H](OC(=O)CCCN1C(=O)CN(C)C1=O)C(=O)Nc1cccc(F)c1. The number of hydrogen-bond donors (Lipinski definition) is 1. The highest BCUT2D eigenvalue weighted by Crippen LogP contribution is 2.12. The number of likely N-dealkylation sites (N-methyl/N-ethyl adjacent to an activating group) is 1. The van der Waals surface area contributed by atoms with Crippen LogP contribution in [0.4, 0.5) is 14.9 Å². The first-order chi connectivity index (χ1) is 12.3. The van der Waals surface area contributed by atoms with Crippen molar-refractivity contribution in [1.29, 1.82) is 0 Å². The summed E-state index contributed by atoms with van der Waals surface area (Å²) in [6.45, 7) is 1.54.